The fourth-order valence-corrected chi connectivity index (χ4v) is 5.06. The molecule has 0 bridgehead atoms. The number of hydrogen-bond donors (Lipinski definition) is 0. The Balaban J connectivity index is 1.26. The van der Waals surface area contributed by atoms with E-state index in [2.05, 4.69) is 24.3 Å². The monoisotopic (exact) mass is 550 g/mol. The van der Waals surface area contributed by atoms with Crippen LogP contribution in [0.1, 0.15) is 38.7 Å². The second-order valence-corrected chi connectivity index (χ2v) is 10.3. The van der Waals surface area contributed by atoms with Crippen molar-refractivity contribution in [1.29, 1.82) is 0 Å². The van der Waals surface area contributed by atoms with Crippen LogP contribution in [0.2, 0.25) is 0 Å². The molecule has 1 aliphatic heterocycles. The number of aryl methyl sites for hydroxylation is 3. The maximum Gasteiger partial charge on any atom is 0.257 e. The molecule has 9 heteroatoms. The van der Waals surface area contributed by atoms with E-state index in [0.717, 1.165) is 48.0 Å². The molecule has 3 heterocycles. The molecule has 1 aliphatic rings. The van der Waals surface area contributed by atoms with Crippen molar-refractivity contribution >= 4 is 11.6 Å². The Morgan fingerprint density at radius 3 is 2.49 bits per heavy atom. The number of rotatable bonds is 8. The summed E-state index contributed by atoms with van der Waals surface area (Å²) in [6.45, 7) is 17.6. The van der Waals surface area contributed by atoms with Crippen molar-refractivity contribution < 1.29 is 14.3 Å². The van der Waals surface area contributed by atoms with Crippen LogP contribution in [0.3, 0.4) is 0 Å². The Morgan fingerprint density at radius 1 is 0.951 bits per heavy atom. The van der Waals surface area contributed by atoms with E-state index in [-0.39, 0.29) is 5.91 Å². The first kappa shape index (κ1) is 27.9. The van der Waals surface area contributed by atoms with E-state index in [4.69, 9.17) is 16.0 Å². The summed E-state index contributed by atoms with van der Waals surface area (Å²) in [5.41, 5.74) is 4.98. The molecule has 1 fully saturated rings. The summed E-state index contributed by atoms with van der Waals surface area (Å²) in [6, 6.07) is 15.1. The normalized spacial score (nSPS) is 13.6. The van der Waals surface area contributed by atoms with Crippen molar-refractivity contribution in [3.63, 3.8) is 0 Å². The van der Waals surface area contributed by atoms with E-state index in [1.165, 1.54) is 0 Å². The molecule has 0 N–H and O–H groups in total. The standard InChI is InChI=1S/C32H34N6O3/c1-22-8-11-30(40-5)27(17-22)32(39)37-15-13-36(14-16-37)21-26-19-35-24(3)38(26)20-25-9-10-28(33-4)31(18-25)41-29-7-6-12-34-23(29)2/h6-12,17-19H,13-16,20-21H2,1-3,5H3. The molecule has 1 amide bonds. The fraction of sp³-hybridized carbons (Fsp3) is 0.312. The van der Waals surface area contributed by atoms with Crippen molar-refractivity contribution in [2.45, 2.75) is 33.9 Å². The lowest BCUT2D eigenvalue weighted by Gasteiger charge is -2.35. The first-order valence-corrected chi connectivity index (χ1v) is 13.6. The maximum atomic E-state index is 13.2. The van der Waals surface area contributed by atoms with Crippen molar-refractivity contribution in [3.05, 3.63) is 106 Å². The Morgan fingerprint density at radius 2 is 1.76 bits per heavy atom. The molecule has 0 spiro atoms. The van der Waals surface area contributed by atoms with Gasteiger partial charge in [-0.2, -0.15) is 0 Å². The minimum absolute atomic E-state index is 0.00782. The highest BCUT2D eigenvalue weighted by molar-refractivity contribution is 5.97. The van der Waals surface area contributed by atoms with E-state index in [1.807, 2.05) is 74.3 Å². The molecular weight excluding hydrogens is 516 g/mol. The molecule has 0 saturated carbocycles. The third-order valence-electron chi connectivity index (χ3n) is 7.43. The zero-order valence-electron chi connectivity index (χ0n) is 23.9. The molecule has 210 valence electrons. The van der Waals surface area contributed by atoms with Gasteiger partial charge in [0.1, 0.15) is 23.1 Å². The summed E-state index contributed by atoms with van der Waals surface area (Å²) in [5.74, 6) is 2.68. The highest BCUT2D eigenvalue weighted by Crippen LogP contribution is 2.34. The molecule has 0 atom stereocenters. The van der Waals surface area contributed by atoms with E-state index < -0.39 is 0 Å². The van der Waals surface area contributed by atoms with Gasteiger partial charge in [-0.3, -0.25) is 14.7 Å². The summed E-state index contributed by atoms with van der Waals surface area (Å²) in [6.07, 6.45) is 3.64. The minimum Gasteiger partial charge on any atom is -0.496 e. The number of amides is 1. The van der Waals surface area contributed by atoms with Gasteiger partial charge in [-0.25, -0.2) is 9.83 Å². The van der Waals surface area contributed by atoms with E-state index >= 15 is 0 Å². The van der Waals surface area contributed by atoms with Gasteiger partial charge in [-0.05, 0) is 56.7 Å². The number of hydrogen-bond acceptors (Lipinski definition) is 6. The van der Waals surface area contributed by atoms with Crippen LogP contribution in [0, 0.1) is 27.3 Å². The summed E-state index contributed by atoms with van der Waals surface area (Å²) in [4.78, 5) is 30.0. The Labute approximate surface area is 240 Å². The molecule has 0 radical (unpaired) electrons. The first-order valence-electron chi connectivity index (χ1n) is 13.6. The lowest BCUT2D eigenvalue weighted by atomic mass is 10.1. The molecule has 0 unspecified atom stereocenters. The molecule has 1 saturated heterocycles. The number of ether oxygens (including phenoxy) is 2. The van der Waals surface area contributed by atoms with Gasteiger partial charge < -0.3 is 18.9 Å². The number of carbonyl (C=O) groups excluding carboxylic acids is 1. The van der Waals surface area contributed by atoms with Gasteiger partial charge in [-0.15, -0.1) is 0 Å². The molecule has 2 aromatic carbocycles. The zero-order chi connectivity index (χ0) is 28.9. The number of aromatic nitrogens is 3. The van der Waals surface area contributed by atoms with Crippen molar-refractivity contribution in [3.8, 4) is 17.2 Å². The van der Waals surface area contributed by atoms with E-state index in [9.17, 15) is 4.79 Å². The van der Waals surface area contributed by atoms with E-state index in [0.29, 0.717) is 48.1 Å². The van der Waals surface area contributed by atoms with Crippen molar-refractivity contribution in [2.24, 2.45) is 0 Å². The van der Waals surface area contributed by atoms with Gasteiger partial charge in [0, 0.05) is 51.7 Å². The van der Waals surface area contributed by atoms with Gasteiger partial charge in [0.15, 0.2) is 0 Å². The number of imidazole rings is 1. The number of methoxy groups -OCH3 is 1. The molecular formula is C32H34N6O3. The lowest BCUT2D eigenvalue weighted by molar-refractivity contribution is 0.0622. The predicted molar refractivity (Wildman–Crippen MR) is 157 cm³/mol. The molecule has 9 nitrogen and oxygen atoms in total. The predicted octanol–water partition coefficient (Wildman–Crippen LogP) is 5.56. The van der Waals surface area contributed by atoms with Crippen molar-refractivity contribution in [1.82, 2.24) is 24.3 Å². The topological polar surface area (TPSA) is 77.1 Å². The van der Waals surface area contributed by atoms with Gasteiger partial charge in [0.2, 0.25) is 5.69 Å². The minimum atomic E-state index is 0.00782. The number of nitrogens with zero attached hydrogens (tertiary/aromatic N) is 6. The quantitative estimate of drug-likeness (QED) is 0.267. The summed E-state index contributed by atoms with van der Waals surface area (Å²) < 4.78 is 13.7. The molecule has 0 aliphatic carbocycles. The molecule has 41 heavy (non-hydrogen) atoms. The highest BCUT2D eigenvalue weighted by atomic mass is 16.5. The largest absolute Gasteiger partial charge is 0.496 e. The van der Waals surface area contributed by atoms with Gasteiger partial charge in [0.25, 0.3) is 5.91 Å². The smallest absolute Gasteiger partial charge is 0.257 e. The van der Waals surface area contributed by atoms with Crippen LogP contribution in [0.25, 0.3) is 4.85 Å². The average molecular weight is 551 g/mol. The van der Waals surface area contributed by atoms with Crippen LogP contribution < -0.4 is 9.47 Å². The third kappa shape index (κ3) is 6.23. The van der Waals surface area contributed by atoms with Crippen LogP contribution in [-0.4, -0.2) is 63.5 Å². The van der Waals surface area contributed by atoms with Crippen LogP contribution in [0.15, 0.2) is 60.9 Å². The third-order valence-corrected chi connectivity index (χ3v) is 7.43. The Hall–Kier alpha value is -4.68. The summed E-state index contributed by atoms with van der Waals surface area (Å²) >= 11 is 0. The van der Waals surface area contributed by atoms with E-state index in [1.54, 1.807) is 19.4 Å². The second-order valence-electron chi connectivity index (χ2n) is 10.3. The van der Waals surface area contributed by atoms with Gasteiger partial charge in [-0.1, -0.05) is 23.8 Å². The second kappa shape index (κ2) is 12.2. The Bertz CT molecular complexity index is 1600. The molecule has 5 rings (SSSR count). The van der Waals surface area contributed by atoms with Crippen molar-refractivity contribution in [2.75, 3.05) is 33.3 Å². The fourth-order valence-electron chi connectivity index (χ4n) is 5.06. The molecule has 4 aromatic rings. The zero-order valence-corrected chi connectivity index (χ0v) is 23.9. The lowest BCUT2D eigenvalue weighted by Crippen LogP contribution is -2.48. The Kier molecular flexibility index (Phi) is 8.31. The maximum absolute atomic E-state index is 13.2. The first-order chi connectivity index (χ1) is 19.9. The van der Waals surface area contributed by atoms with Crippen LogP contribution in [-0.2, 0) is 13.1 Å². The number of piperazine rings is 1. The van der Waals surface area contributed by atoms with Gasteiger partial charge in [0.05, 0.1) is 30.6 Å². The summed E-state index contributed by atoms with van der Waals surface area (Å²) in [5, 5.41) is 0. The number of pyridine rings is 1. The number of carbonyl (C=O) groups is 1. The van der Waals surface area contributed by atoms with Crippen LogP contribution in [0.4, 0.5) is 5.69 Å². The van der Waals surface area contributed by atoms with Crippen LogP contribution in [0.5, 0.6) is 17.2 Å². The summed E-state index contributed by atoms with van der Waals surface area (Å²) in [7, 11) is 1.60. The number of benzene rings is 2. The average Bonchev–Trinajstić information content (AvgIpc) is 3.32. The van der Waals surface area contributed by atoms with Gasteiger partial charge >= 0.3 is 0 Å². The SMILES string of the molecule is [C-]#[N+]c1ccc(Cn2c(CN3CCN(C(=O)c4cc(C)ccc4OC)CC3)cnc2C)cc1Oc1cccnc1C. The molecule has 2 aromatic heterocycles. The highest BCUT2D eigenvalue weighted by Gasteiger charge is 2.25. The van der Waals surface area contributed by atoms with Crippen LogP contribution >= 0.6 is 0 Å².